The molecule has 1 radical (unpaired) electrons. The Morgan fingerprint density at radius 3 is 1.26 bits per heavy atom. The molecule has 0 N–H and O–H groups in total. The first-order valence-electron chi connectivity index (χ1n) is 8.26. The number of hydrogen-bond acceptors (Lipinski definition) is 4. The molecule has 2 aromatic carbocycles. The van der Waals surface area contributed by atoms with Crippen molar-refractivity contribution in [1.82, 2.24) is 19.9 Å². The smallest absolute Gasteiger partial charge is 0.371 e. The second-order valence-electron chi connectivity index (χ2n) is 5.72. The molecule has 0 amide bonds. The van der Waals surface area contributed by atoms with Crippen molar-refractivity contribution in [3.63, 3.8) is 0 Å². The molecular formula is C22H18N4Ru+. The average Bonchev–Trinajstić information content (AvgIpc) is 2.70. The molecule has 4 nitrogen and oxygen atoms in total. The van der Waals surface area contributed by atoms with E-state index in [4.69, 9.17) is 0 Å². The minimum Gasteiger partial charge on any atom is -0.371 e. The third-order valence-electron chi connectivity index (χ3n) is 3.62. The molecule has 2 aromatic heterocycles. The Kier molecular flexibility index (Phi) is 7.90. The molecule has 2 heterocycles. The quantitative estimate of drug-likeness (QED) is 0.341. The van der Waals surface area contributed by atoms with Gasteiger partial charge in [0, 0.05) is 12.7 Å². The number of hydrogen-bond donors (Lipinski definition) is 0. The number of benzene rings is 2. The van der Waals surface area contributed by atoms with Gasteiger partial charge < -0.3 is 19.9 Å². The van der Waals surface area contributed by atoms with Crippen molar-refractivity contribution >= 4 is 0 Å². The number of nitrogens with zero attached hydrogens (tertiary/aromatic N) is 4. The SMILES string of the molecule is Cc1cc(-c2ccccc2)n[c-]n1.Cc1cc(-c2ccccc2)n[c-]n1.[Ru+3]. The van der Waals surface area contributed by atoms with Crippen molar-refractivity contribution in [3.8, 4) is 22.5 Å². The van der Waals surface area contributed by atoms with Gasteiger partial charge in [0.2, 0.25) is 0 Å². The van der Waals surface area contributed by atoms with Crippen LogP contribution < -0.4 is 0 Å². The summed E-state index contributed by atoms with van der Waals surface area (Å²) in [6.07, 6.45) is 5.26. The van der Waals surface area contributed by atoms with Crippen LogP contribution in [0.25, 0.3) is 22.5 Å². The minimum absolute atomic E-state index is 0. The van der Waals surface area contributed by atoms with Crippen molar-refractivity contribution < 1.29 is 19.5 Å². The van der Waals surface area contributed by atoms with Gasteiger partial charge in [-0.1, -0.05) is 97.0 Å². The molecule has 133 valence electrons. The minimum atomic E-state index is 0. The normalized spacial score (nSPS) is 9.56. The third-order valence-corrected chi connectivity index (χ3v) is 3.62. The van der Waals surface area contributed by atoms with Crippen LogP contribution in [0.3, 0.4) is 0 Å². The van der Waals surface area contributed by atoms with E-state index in [-0.39, 0.29) is 19.5 Å². The fraction of sp³-hybridized carbons (Fsp3) is 0.0909. The van der Waals surface area contributed by atoms with Gasteiger partial charge in [-0.15, -0.1) is 12.1 Å². The van der Waals surface area contributed by atoms with Gasteiger partial charge in [-0.3, -0.25) is 0 Å². The topological polar surface area (TPSA) is 51.6 Å². The molecular weight excluding hydrogens is 421 g/mol. The first kappa shape index (κ1) is 20.5. The van der Waals surface area contributed by atoms with Crippen molar-refractivity contribution in [2.24, 2.45) is 0 Å². The zero-order valence-electron chi connectivity index (χ0n) is 15.1. The van der Waals surface area contributed by atoms with E-state index < -0.39 is 0 Å². The summed E-state index contributed by atoms with van der Waals surface area (Å²) in [5.41, 5.74) is 5.93. The van der Waals surface area contributed by atoms with E-state index in [1.54, 1.807) is 0 Å². The maximum atomic E-state index is 4.07. The van der Waals surface area contributed by atoms with Crippen LogP contribution in [0, 0.1) is 26.5 Å². The van der Waals surface area contributed by atoms with E-state index in [1.807, 2.05) is 86.6 Å². The van der Waals surface area contributed by atoms with E-state index in [0.717, 1.165) is 33.9 Å². The summed E-state index contributed by atoms with van der Waals surface area (Å²) in [5.74, 6) is 0. The van der Waals surface area contributed by atoms with Gasteiger partial charge in [-0.2, -0.15) is 0 Å². The van der Waals surface area contributed by atoms with E-state index in [9.17, 15) is 0 Å². The predicted molar refractivity (Wildman–Crippen MR) is 102 cm³/mol. The fourth-order valence-corrected chi connectivity index (χ4v) is 2.35. The van der Waals surface area contributed by atoms with Gasteiger partial charge >= 0.3 is 19.5 Å². The van der Waals surface area contributed by atoms with Crippen molar-refractivity contribution in [1.29, 1.82) is 0 Å². The van der Waals surface area contributed by atoms with Gasteiger partial charge in [0.05, 0.1) is 0 Å². The molecule has 27 heavy (non-hydrogen) atoms. The Bertz CT molecular complexity index is 879. The van der Waals surface area contributed by atoms with Crippen LogP contribution in [-0.4, -0.2) is 19.9 Å². The Hall–Kier alpha value is -2.78. The molecule has 0 fully saturated rings. The molecule has 0 unspecified atom stereocenters. The van der Waals surface area contributed by atoms with Crippen LogP contribution >= 0.6 is 0 Å². The Morgan fingerprint density at radius 2 is 0.926 bits per heavy atom. The van der Waals surface area contributed by atoms with Gasteiger partial charge in [0.15, 0.2) is 0 Å². The molecule has 0 aliphatic heterocycles. The van der Waals surface area contributed by atoms with Crippen molar-refractivity contribution in [2.75, 3.05) is 0 Å². The van der Waals surface area contributed by atoms with E-state index >= 15 is 0 Å². The van der Waals surface area contributed by atoms with Crippen LogP contribution in [0.1, 0.15) is 11.4 Å². The maximum Gasteiger partial charge on any atom is 3.00 e. The zero-order chi connectivity index (χ0) is 18.2. The van der Waals surface area contributed by atoms with E-state index in [2.05, 4.69) is 32.6 Å². The summed E-state index contributed by atoms with van der Waals surface area (Å²) in [6, 6.07) is 23.9. The molecule has 0 bridgehead atoms. The molecule has 0 spiro atoms. The number of aromatic nitrogens is 4. The summed E-state index contributed by atoms with van der Waals surface area (Å²) >= 11 is 0. The second-order valence-corrected chi connectivity index (χ2v) is 5.72. The number of aryl methyl sites for hydroxylation is 2. The first-order valence-corrected chi connectivity index (χ1v) is 8.26. The van der Waals surface area contributed by atoms with Crippen molar-refractivity contribution in [3.05, 3.63) is 96.8 Å². The summed E-state index contributed by atoms with van der Waals surface area (Å²) in [7, 11) is 0. The van der Waals surface area contributed by atoms with Crippen LogP contribution in [-0.2, 0) is 19.5 Å². The molecule has 5 heteroatoms. The van der Waals surface area contributed by atoms with Gasteiger partial charge in [-0.05, 0) is 11.4 Å². The zero-order valence-corrected chi connectivity index (χ0v) is 16.8. The maximum absolute atomic E-state index is 4.07. The third kappa shape index (κ3) is 6.16. The molecule has 4 aromatic rings. The molecule has 0 aliphatic carbocycles. The Balaban J connectivity index is 0.000000187. The van der Waals surface area contributed by atoms with Gasteiger partial charge in [0.1, 0.15) is 0 Å². The van der Waals surface area contributed by atoms with Crippen LogP contribution in [0.5, 0.6) is 0 Å². The van der Waals surface area contributed by atoms with Gasteiger partial charge in [0.25, 0.3) is 0 Å². The Labute approximate surface area is 172 Å². The standard InChI is InChI=1S/2C11H9N2.Ru/c2*1-9-7-11(13-8-12-9)10-5-3-2-4-6-10;/h2*2-7H,1H3;/q2*-1;+3. The van der Waals surface area contributed by atoms with Crippen LogP contribution in [0.15, 0.2) is 72.8 Å². The first-order chi connectivity index (χ1) is 12.7. The number of rotatable bonds is 2. The summed E-state index contributed by atoms with van der Waals surface area (Å²) in [6.45, 7) is 3.87. The summed E-state index contributed by atoms with van der Waals surface area (Å²) < 4.78 is 0. The van der Waals surface area contributed by atoms with Crippen LogP contribution in [0.2, 0.25) is 0 Å². The molecule has 0 atom stereocenters. The van der Waals surface area contributed by atoms with E-state index in [0.29, 0.717) is 0 Å². The van der Waals surface area contributed by atoms with Crippen LogP contribution in [0.4, 0.5) is 0 Å². The molecule has 4 rings (SSSR count). The summed E-state index contributed by atoms with van der Waals surface area (Å²) in [5, 5.41) is 0. The largest absolute Gasteiger partial charge is 3.00 e. The Morgan fingerprint density at radius 1 is 0.556 bits per heavy atom. The van der Waals surface area contributed by atoms with Gasteiger partial charge in [-0.25, -0.2) is 0 Å². The molecule has 0 saturated heterocycles. The molecule has 0 saturated carbocycles. The fourth-order valence-electron chi connectivity index (χ4n) is 2.35. The predicted octanol–water partition coefficient (Wildman–Crippen LogP) is 4.50. The van der Waals surface area contributed by atoms with E-state index in [1.165, 1.54) is 0 Å². The second kappa shape index (κ2) is 10.4. The van der Waals surface area contributed by atoms with Crippen molar-refractivity contribution in [2.45, 2.75) is 13.8 Å². The summed E-state index contributed by atoms with van der Waals surface area (Å²) in [4.78, 5) is 16.0. The monoisotopic (exact) mass is 440 g/mol. The average molecular weight is 439 g/mol. The molecule has 0 aliphatic rings.